The quantitative estimate of drug-likeness (QED) is 0.866. The summed E-state index contributed by atoms with van der Waals surface area (Å²) in [5, 5.41) is 3.60. The third-order valence-electron chi connectivity index (χ3n) is 3.11. The van der Waals surface area contributed by atoms with Gasteiger partial charge in [0.1, 0.15) is 0 Å². The van der Waals surface area contributed by atoms with Crippen molar-refractivity contribution in [2.75, 3.05) is 6.54 Å². The number of nitrogens with zero attached hydrogens (tertiary/aromatic N) is 1. The summed E-state index contributed by atoms with van der Waals surface area (Å²) in [5.41, 5.74) is 2.56. The van der Waals surface area contributed by atoms with Crippen LogP contribution in [-0.4, -0.2) is 11.5 Å². The van der Waals surface area contributed by atoms with E-state index < -0.39 is 0 Å². The van der Waals surface area contributed by atoms with Crippen molar-refractivity contribution >= 4 is 15.9 Å². The van der Waals surface area contributed by atoms with Gasteiger partial charge in [-0.05, 0) is 42.6 Å². The molecule has 1 unspecified atom stereocenters. The third kappa shape index (κ3) is 4.15. The number of rotatable bonds is 6. The molecule has 0 aliphatic heterocycles. The first kappa shape index (κ1) is 14.2. The second kappa shape index (κ2) is 7.41. The van der Waals surface area contributed by atoms with E-state index in [4.69, 9.17) is 0 Å². The van der Waals surface area contributed by atoms with Crippen molar-refractivity contribution in [1.82, 2.24) is 10.3 Å². The Morgan fingerprint density at radius 2 is 2.05 bits per heavy atom. The molecule has 100 valence electrons. The maximum atomic E-state index is 4.23. The van der Waals surface area contributed by atoms with Gasteiger partial charge in [0.25, 0.3) is 0 Å². The topological polar surface area (TPSA) is 24.9 Å². The Hall–Kier alpha value is -1.19. The highest BCUT2D eigenvalue weighted by molar-refractivity contribution is 9.10. The summed E-state index contributed by atoms with van der Waals surface area (Å²) in [5.74, 6) is 0. The summed E-state index contributed by atoms with van der Waals surface area (Å²) in [6.07, 6.45) is 5.86. The zero-order chi connectivity index (χ0) is 13.5. The van der Waals surface area contributed by atoms with Crippen LogP contribution in [0, 0.1) is 0 Å². The lowest BCUT2D eigenvalue weighted by atomic mass is 10.00. The number of hydrogen-bond donors (Lipinski definition) is 1. The molecule has 0 saturated heterocycles. The SMILES string of the molecule is CCCNC(Cc1ccccc1Br)c1cccnc1. The van der Waals surface area contributed by atoms with E-state index in [1.165, 1.54) is 15.6 Å². The Labute approximate surface area is 123 Å². The number of pyridine rings is 1. The van der Waals surface area contributed by atoms with E-state index in [9.17, 15) is 0 Å². The number of benzene rings is 1. The third-order valence-corrected chi connectivity index (χ3v) is 3.88. The molecule has 2 rings (SSSR count). The molecule has 0 aliphatic carbocycles. The van der Waals surface area contributed by atoms with E-state index in [2.05, 4.69) is 57.4 Å². The Morgan fingerprint density at radius 1 is 1.21 bits per heavy atom. The molecular formula is C16H19BrN2. The molecule has 0 fully saturated rings. The summed E-state index contributed by atoms with van der Waals surface area (Å²) in [6.45, 7) is 3.20. The number of halogens is 1. The van der Waals surface area contributed by atoms with Crippen molar-refractivity contribution in [3.05, 3.63) is 64.4 Å². The standard InChI is InChI=1S/C16H19BrN2/c1-2-9-19-16(14-7-5-10-18-12-14)11-13-6-3-4-8-15(13)17/h3-8,10,12,16,19H,2,9,11H2,1H3. The molecule has 0 spiro atoms. The van der Waals surface area contributed by atoms with Crippen molar-refractivity contribution in [2.45, 2.75) is 25.8 Å². The lowest BCUT2D eigenvalue weighted by Crippen LogP contribution is -2.24. The van der Waals surface area contributed by atoms with Crippen molar-refractivity contribution in [3.8, 4) is 0 Å². The molecule has 0 amide bonds. The molecule has 3 heteroatoms. The molecule has 1 N–H and O–H groups in total. The van der Waals surface area contributed by atoms with E-state index in [1.807, 2.05) is 24.5 Å². The predicted octanol–water partition coefficient (Wildman–Crippen LogP) is 4.13. The normalized spacial score (nSPS) is 12.3. The molecular weight excluding hydrogens is 300 g/mol. The van der Waals surface area contributed by atoms with Crippen LogP contribution in [0.3, 0.4) is 0 Å². The van der Waals surface area contributed by atoms with Gasteiger partial charge in [-0.3, -0.25) is 4.98 Å². The molecule has 0 radical (unpaired) electrons. The van der Waals surface area contributed by atoms with Crippen molar-refractivity contribution in [2.24, 2.45) is 0 Å². The summed E-state index contributed by atoms with van der Waals surface area (Å²) >= 11 is 3.62. The molecule has 2 nitrogen and oxygen atoms in total. The molecule has 2 aromatic rings. The van der Waals surface area contributed by atoms with E-state index in [-0.39, 0.29) is 0 Å². The lowest BCUT2D eigenvalue weighted by Gasteiger charge is -2.19. The van der Waals surface area contributed by atoms with E-state index in [0.717, 1.165) is 19.4 Å². The van der Waals surface area contributed by atoms with Crippen LogP contribution in [0.2, 0.25) is 0 Å². The van der Waals surface area contributed by atoms with Gasteiger partial charge in [0.2, 0.25) is 0 Å². The smallest absolute Gasteiger partial charge is 0.0376 e. The molecule has 0 bridgehead atoms. The fraction of sp³-hybridized carbons (Fsp3) is 0.312. The molecule has 0 saturated carbocycles. The Kier molecular flexibility index (Phi) is 5.55. The minimum atomic E-state index is 0.312. The van der Waals surface area contributed by atoms with E-state index in [0.29, 0.717) is 6.04 Å². The summed E-state index contributed by atoms with van der Waals surface area (Å²) in [4.78, 5) is 4.23. The van der Waals surface area contributed by atoms with Gasteiger partial charge in [-0.25, -0.2) is 0 Å². The van der Waals surface area contributed by atoms with Gasteiger partial charge in [-0.1, -0.05) is 47.1 Å². The van der Waals surface area contributed by atoms with Crippen molar-refractivity contribution in [3.63, 3.8) is 0 Å². The van der Waals surface area contributed by atoms with Gasteiger partial charge >= 0.3 is 0 Å². The largest absolute Gasteiger partial charge is 0.310 e. The number of hydrogen-bond acceptors (Lipinski definition) is 2. The molecule has 1 heterocycles. The average Bonchev–Trinajstić information content (AvgIpc) is 2.46. The molecule has 1 aromatic carbocycles. The first-order chi connectivity index (χ1) is 9.31. The van der Waals surface area contributed by atoms with E-state index >= 15 is 0 Å². The first-order valence-corrected chi connectivity index (χ1v) is 7.47. The highest BCUT2D eigenvalue weighted by Crippen LogP contribution is 2.23. The molecule has 0 aliphatic rings. The van der Waals surface area contributed by atoms with Crippen LogP contribution in [0.1, 0.15) is 30.5 Å². The molecule has 19 heavy (non-hydrogen) atoms. The monoisotopic (exact) mass is 318 g/mol. The number of aromatic nitrogens is 1. The van der Waals surface area contributed by atoms with Gasteiger partial charge in [0.15, 0.2) is 0 Å². The number of nitrogens with one attached hydrogen (secondary N) is 1. The maximum Gasteiger partial charge on any atom is 0.0376 e. The Morgan fingerprint density at radius 3 is 2.74 bits per heavy atom. The van der Waals surface area contributed by atoms with Crippen LogP contribution < -0.4 is 5.32 Å². The first-order valence-electron chi connectivity index (χ1n) is 6.68. The summed E-state index contributed by atoms with van der Waals surface area (Å²) in [7, 11) is 0. The van der Waals surface area contributed by atoms with Crippen LogP contribution in [0.15, 0.2) is 53.3 Å². The van der Waals surface area contributed by atoms with Crippen molar-refractivity contribution < 1.29 is 0 Å². The van der Waals surface area contributed by atoms with Gasteiger partial charge in [0.05, 0.1) is 0 Å². The van der Waals surface area contributed by atoms with Gasteiger partial charge in [0, 0.05) is 22.9 Å². The van der Waals surface area contributed by atoms with Crippen LogP contribution in [0.4, 0.5) is 0 Å². The fourth-order valence-electron chi connectivity index (χ4n) is 2.09. The van der Waals surface area contributed by atoms with Crippen LogP contribution >= 0.6 is 15.9 Å². The average molecular weight is 319 g/mol. The fourth-order valence-corrected chi connectivity index (χ4v) is 2.54. The Bertz CT molecular complexity index is 499. The summed E-state index contributed by atoms with van der Waals surface area (Å²) < 4.78 is 1.17. The molecule has 1 atom stereocenters. The van der Waals surface area contributed by atoms with Crippen LogP contribution in [0.25, 0.3) is 0 Å². The molecule has 1 aromatic heterocycles. The van der Waals surface area contributed by atoms with Gasteiger partial charge in [-0.2, -0.15) is 0 Å². The second-order valence-corrected chi connectivity index (χ2v) is 5.44. The van der Waals surface area contributed by atoms with E-state index in [1.54, 1.807) is 0 Å². The van der Waals surface area contributed by atoms with Crippen LogP contribution in [0.5, 0.6) is 0 Å². The Balaban J connectivity index is 2.17. The minimum absolute atomic E-state index is 0.312. The van der Waals surface area contributed by atoms with Gasteiger partial charge < -0.3 is 5.32 Å². The highest BCUT2D eigenvalue weighted by Gasteiger charge is 2.12. The second-order valence-electron chi connectivity index (χ2n) is 4.59. The lowest BCUT2D eigenvalue weighted by molar-refractivity contribution is 0.527. The minimum Gasteiger partial charge on any atom is -0.310 e. The highest BCUT2D eigenvalue weighted by atomic mass is 79.9. The maximum absolute atomic E-state index is 4.23. The summed E-state index contributed by atoms with van der Waals surface area (Å²) in [6, 6.07) is 12.8. The zero-order valence-electron chi connectivity index (χ0n) is 11.1. The van der Waals surface area contributed by atoms with Gasteiger partial charge in [-0.15, -0.1) is 0 Å². The predicted molar refractivity (Wildman–Crippen MR) is 83.1 cm³/mol. The zero-order valence-corrected chi connectivity index (χ0v) is 12.7. The van der Waals surface area contributed by atoms with Crippen LogP contribution in [-0.2, 0) is 6.42 Å². The van der Waals surface area contributed by atoms with Crippen molar-refractivity contribution in [1.29, 1.82) is 0 Å².